The molecule has 0 saturated heterocycles. The number of ether oxygens (including phenoxy) is 1. The van der Waals surface area contributed by atoms with Crippen LogP contribution in [0.3, 0.4) is 0 Å². The van der Waals surface area contributed by atoms with Gasteiger partial charge in [-0.2, -0.15) is 0 Å². The van der Waals surface area contributed by atoms with Gasteiger partial charge in [0.15, 0.2) is 5.92 Å². The lowest BCUT2D eigenvalue weighted by atomic mass is 9.47. The normalized spacial score (nSPS) is 42.1. The summed E-state index contributed by atoms with van der Waals surface area (Å²) in [6.45, 7) is 5.68. The lowest BCUT2D eigenvalue weighted by Gasteiger charge is -2.62. The number of aliphatic carboxylic acids is 1. The van der Waals surface area contributed by atoms with Crippen molar-refractivity contribution in [1.29, 1.82) is 0 Å². The van der Waals surface area contributed by atoms with Gasteiger partial charge in [0.25, 0.3) is 0 Å². The molecule has 4 aliphatic rings. The highest BCUT2D eigenvalue weighted by molar-refractivity contribution is 5.93. The van der Waals surface area contributed by atoms with Crippen molar-refractivity contribution < 1.29 is 19.4 Å². The van der Waals surface area contributed by atoms with Crippen LogP contribution in [0.1, 0.15) is 52.9 Å². The summed E-state index contributed by atoms with van der Waals surface area (Å²) >= 11 is 0. The highest BCUT2D eigenvalue weighted by Gasteiger charge is 2.61. The topological polar surface area (TPSA) is 63.6 Å². The number of carboxylic acid groups (broad SMARTS) is 1. The van der Waals surface area contributed by atoms with Gasteiger partial charge >= 0.3 is 11.9 Å². The minimum atomic E-state index is -1.09. The van der Waals surface area contributed by atoms with Crippen LogP contribution in [0.15, 0.2) is 0 Å². The molecule has 4 bridgehead atoms. The predicted molar refractivity (Wildman–Crippen MR) is 77.5 cm³/mol. The van der Waals surface area contributed by atoms with Gasteiger partial charge in [0.05, 0.1) is 0 Å². The number of carbonyl (C=O) groups is 2. The number of rotatable bonds is 4. The van der Waals surface area contributed by atoms with Crippen molar-refractivity contribution >= 4 is 11.9 Å². The standard InChI is InChI=1S/C17H26O4/c1-9(2)17(21-16(20)10(3)15(18)19)13-5-11-4-12(7-13)8-14(17)6-11/h9-14H,4-8H2,1-3H3,(H,18,19). The molecule has 0 spiro atoms. The molecule has 4 aliphatic carbocycles. The van der Waals surface area contributed by atoms with Crippen molar-refractivity contribution in [3.05, 3.63) is 0 Å². The highest BCUT2D eigenvalue weighted by Crippen LogP contribution is 2.61. The molecule has 1 N–H and O–H groups in total. The Bertz CT molecular complexity index is 426. The summed E-state index contributed by atoms with van der Waals surface area (Å²) in [4.78, 5) is 23.3. The Labute approximate surface area is 126 Å². The van der Waals surface area contributed by atoms with Crippen LogP contribution in [0.4, 0.5) is 0 Å². The molecule has 0 aromatic carbocycles. The van der Waals surface area contributed by atoms with Crippen LogP contribution in [-0.4, -0.2) is 22.6 Å². The van der Waals surface area contributed by atoms with Gasteiger partial charge in [0, 0.05) is 0 Å². The molecule has 0 amide bonds. The Morgan fingerprint density at radius 3 is 1.86 bits per heavy atom. The lowest BCUT2D eigenvalue weighted by molar-refractivity contribution is -0.228. The molecule has 4 fully saturated rings. The van der Waals surface area contributed by atoms with E-state index in [1.807, 2.05) is 0 Å². The second kappa shape index (κ2) is 4.99. The Balaban J connectivity index is 1.87. The molecular weight excluding hydrogens is 268 g/mol. The van der Waals surface area contributed by atoms with Gasteiger partial charge in [-0.25, -0.2) is 0 Å². The zero-order valence-electron chi connectivity index (χ0n) is 13.2. The van der Waals surface area contributed by atoms with E-state index in [-0.39, 0.29) is 5.92 Å². The van der Waals surface area contributed by atoms with Gasteiger partial charge < -0.3 is 9.84 Å². The Morgan fingerprint density at radius 2 is 1.48 bits per heavy atom. The minimum absolute atomic E-state index is 0.248. The average molecular weight is 294 g/mol. The smallest absolute Gasteiger partial charge is 0.320 e. The van der Waals surface area contributed by atoms with Crippen LogP contribution in [0.2, 0.25) is 0 Å². The zero-order chi connectivity index (χ0) is 15.4. The van der Waals surface area contributed by atoms with E-state index in [0.717, 1.165) is 37.5 Å². The summed E-state index contributed by atoms with van der Waals surface area (Å²) in [5.74, 6) is -0.0102. The Hall–Kier alpha value is -1.06. The van der Waals surface area contributed by atoms with Gasteiger partial charge in [-0.15, -0.1) is 0 Å². The molecule has 0 aliphatic heterocycles. The third-order valence-corrected chi connectivity index (χ3v) is 6.32. The molecule has 4 saturated carbocycles. The maximum atomic E-state index is 12.3. The van der Waals surface area contributed by atoms with Crippen molar-refractivity contribution in [3.63, 3.8) is 0 Å². The SMILES string of the molecule is CC(C(=O)O)C(=O)OC1(C(C)C)C2CC3CC(C2)CC1C3. The van der Waals surface area contributed by atoms with Crippen LogP contribution in [-0.2, 0) is 14.3 Å². The number of hydrogen-bond acceptors (Lipinski definition) is 3. The quantitative estimate of drug-likeness (QED) is 0.639. The summed E-state index contributed by atoms with van der Waals surface area (Å²) in [7, 11) is 0. The van der Waals surface area contributed by atoms with E-state index in [4.69, 9.17) is 9.84 Å². The first-order valence-electron chi connectivity index (χ1n) is 8.30. The first-order valence-corrected chi connectivity index (χ1v) is 8.30. The fourth-order valence-corrected chi connectivity index (χ4v) is 5.51. The summed E-state index contributed by atoms with van der Waals surface area (Å²) < 4.78 is 5.98. The van der Waals surface area contributed by atoms with E-state index in [1.165, 1.54) is 13.3 Å². The van der Waals surface area contributed by atoms with E-state index in [2.05, 4.69) is 13.8 Å². The van der Waals surface area contributed by atoms with E-state index in [0.29, 0.717) is 11.8 Å². The molecular formula is C17H26O4. The molecule has 4 rings (SSSR count). The number of esters is 1. The maximum Gasteiger partial charge on any atom is 0.320 e. The summed E-state index contributed by atoms with van der Waals surface area (Å²) in [5.41, 5.74) is -0.422. The Morgan fingerprint density at radius 1 is 1.00 bits per heavy atom. The van der Waals surface area contributed by atoms with Crippen molar-refractivity contribution in [1.82, 2.24) is 0 Å². The Kier molecular flexibility index (Phi) is 3.53. The molecule has 118 valence electrons. The summed E-state index contributed by atoms with van der Waals surface area (Å²) in [5, 5.41) is 9.06. The molecule has 0 radical (unpaired) electrons. The monoisotopic (exact) mass is 294 g/mol. The lowest BCUT2D eigenvalue weighted by Crippen LogP contribution is -2.62. The van der Waals surface area contributed by atoms with Crippen molar-refractivity contribution in [2.75, 3.05) is 0 Å². The van der Waals surface area contributed by atoms with E-state index in [1.54, 1.807) is 0 Å². The fraction of sp³-hybridized carbons (Fsp3) is 0.882. The van der Waals surface area contributed by atoms with E-state index >= 15 is 0 Å². The van der Waals surface area contributed by atoms with E-state index in [9.17, 15) is 9.59 Å². The second-order valence-electron chi connectivity index (χ2n) is 7.79. The van der Waals surface area contributed by atoms with Crippen LogP contribution in [0.25, 0.3) is 0 Å². The number of carbonyl (C=O) groups excluding carboxylic acids is 1. The molecule has 0 aromatic heterocycles. The average Bonchev–Trinajstić information content (AvgIpc) is 2.40. The molecule has 1 atom stereocenters. The molecule has 4 heteroatoms. The summed E-state index contributed by atoms with van der Waals surface area (Å²) in [6.07, 6.45) is 5.96. The molecule has 21 heavy (non-hydrogen) atoms. The van der Waals surface area contributed by atoms with Crippen molar-refractivity contribution in [2.45, 2.75) is 58.5 Å². The molecule has 0 aromatic rings. The second-order valence-corrected chi connectivity index (χ2v) is 7.79. The number of hydrogen-bond donors (Lipinski definition) is 1. The van der Waals surface area contributed by atoms with Crippen molar-refractivity contribution in [2.24, 2.45) is 35.5 Å². The third-order valence-electron chi connectivity index (χ3n) is 6.32. The van der Waals surface area contributed by atoms with E-state index < -0.39 is 23.5 Å². The predicted octanol–water partition coefficient (Wildman–Crippen LogP) is 3.10. The van der Waals surface area contributed by atoms with Gasteiger partial charge in [-0.1, -0.05) is 13.8 Å². The molecule has 4 nitrogen and oxygen atoms in total. The van der Waals surface area contributed by atoms with Crippen molar-refractivity contribution in [3.8, 4) is 0 Å². The van der Waals surface area contributed by atoms with Crippen LogP contribution < -0.4 is 0 Å². The summed E-state index contributed by atoms with van der Waals surface area (Å²) in [6, 6.07) is 0. The van der Waals surface area contributed by atoms with Crippen LogP contribution >= 0.6 is 0 Å². The third kappa shape index (κ3) is 2.18. The molecule has 0 heterocycles. The number of carboxylic acids is 1. The van der Waals surface area contributed by atoms with Gasteiger partial charge in [-0.05, 0) is 68.6 Å². The highest BCUT2D eigenvalue weighted by atomic mass is 16.6. The van der Waals surface area contributed by atoms with Crippen LogP contribution in [0.5, 0.6) is 0 Å². The maximum absolute atomic E-state index is 12.3. The van der Waals surface area contributed by atoms with Gasteiger partial charge in [0.1, 0.15) is 5.60 Å². The first kappa shape index (κ1) is 14.9. The molecule has 1 unspecified atom stereocenters. The van der Waals surface area contributed by atoms with Gasteiger partial charge in [-0.3, -0.25) is 9.59 Å². The first-order chi connectivity index (χ1) is 9.84. The van der Waals surface area contributed by atoms with Crippen LogP contribution in [0, 0.1) is 35.5 Å². The fourth-order valence-electron chi connectivity index (χ4n) is 5.51. The van der Waals surface area contributed by atoms with Gasteiger partial charge in [0.2, 0.25) is 0 Å². The zero-order valence-corrected chi connectivity index (χ0v) is 13.2. The largest absolute Gasteiger partial charge is 0.481 e. The minimum Gasteiger partial charge on any atom is -0.481 e.